The lowest BCUT2D eigenvalue weighted by molar-refractivity contribution is -0.0583. The fourth-order valence-corrected chi connectivity index (χ4v) is 4.47. The number of carbonyl (C=O) groups excluding carboxylic acids is 1. The van der Waals surface area contributed by atoms with Gasteiger partial charge < -0.3 is 14.7 Å². The van der Waals surface area contributed by atoms with Crippen molar-refractivity contribution in [2.75, 3.05) is 13.2 Å². The van der Waals surface area contributed by atoms with Gasteiger partial charge in [0, 0.05) is 12.0 Å². The Bertz CT molecular complexity index is 824. The molecule has 3 aliphatic rings. The van der Waals surface area contributed by atoms with Crippen LogP contribution in [0.3, 0.4) is 0 Å². The van der Waals surface area contributed by atoms with Crippen LogP contribution in [0, 0.1) is 0 Å². The Morgan fingerprint density at radius 2 is 1.63 bits per heavy atom. The monoisotopic (exact) mass is 363 g/mol. The third-order valence-corrected chi connectivity index (χ3v) is 6.31. The minimum Gasteiger partial charge on any atom is -0.448 e. The first-order chi connectivity index (χ1) is 13.1. The number of hydrogen-bond acceptors (Lipinski definition) is 3. The minimum absolute atomic E-state index is 0.0780. The smallest absolute Gasteiger partial charge is 0.410 e. The lowest BCUT2D eigenvalue weighted by atomic mass is 9.80. The number of ether oxygens (including phenoxy) is 1. The second-order valence-corrected chi connectivity index (χ2v) is 8.24. The molecule has 0 aliphatic heterocycles. The van der Waals surface area contributed by atoms with E-state index in [2.05, 4.69) is 36.4 Å². The van der Waals surface area contributed by atoms with Crippen LogP contribution in [0.5, 0.6) is 0 Å². The molecule has 0 bridgehead atoms. The summed E-state index contributed by atoms with van der Waals surface area (Å²) in [4.78, 5) is 14.6. The number of benzene rings is 2. The van der Waals surface area contributed by atoms with Gasteiger partial charge in [-0.1, -0.05) is 48.5 Å². The number of carbonyl (C=O) groups is 1. The second-order valence-electron chi connectivity index (χ2n) is 8.24. The van der Waals surface area contributed by atoms with Crippen LogP contribution in [-0.4, -0.2) is 40.9 Å². The van der Waals surface area contributed by atoms with E-state index in [0.29, 0.717) is 13.2 Å². The first kappa shape index (κ1) is 16.8. The molecule has 2 saturated carbocycles. The average molecular weight is 363 g/mol. The van der Waals surface area contributed by atoms with Crippen molar-refractivity contribution < 1.29 is 14.6 Å². The molecule has 5 rings (SSSR count). The molecule has 0 heterocycles. The number of fused-ring (bicyclic) bond motifs is 3. The Balaban J connectivity index is 1.32. The molecule has 2 fully saturated rings. The average Bonchev–Trinajstić information content (AvgIpc) is 3.46. The van der Waals surface area contributed by atoms with Gasteiger partial charge in [0.2, 0.25) is 0 Å². The number of amides is 1. The molecule has 27 heavy (non-hydrogen) atoms. The molecule has 0 unspecified atom stereocenters. The van der Waals surface area contributed by atoms with Crippen LogP contribution in [0.1, 0.15) is 49.1 Å². The number of aliphatic hydroxyl groups is 1. The largest absolute Gasteiger partial charge is 0.448 e. The van der Waals surface area contributed by atoms with Crippen molar-refractivity contribution in [2.45, 2.75) is 49.7 Å². The predicted molar refractivity (Wildman–Crippen MR) is 104 cm³/mol. The predicted octanol–water partition coefficient (Wildman–Crippen LogP) is 4.31. The van der Waals surface area contributed by atoms with Crippen LogP contribution < -0.4 is 0 Å². The summed E-state index contributed by atoms with van der Waals surface area (Å²) in [5.74, 6) is 0.0780. The zero-order valence-corrected chi connectivity index (χ0v) is 15.4. The minimum atomic E-state index is -0.700. The van der Waals surface area contributed by atoms with Gasteiger partial charge in [0.15, 0.2) is 0 Å². The van der Waals surface area contributed by atoms with Crippen LogP contribution in [0.4, 0.5) is 4.79 Å². The van der Waals surface area contributed by atoms with E-state index < -0.39 is 5.60 Å². The van der Waals surface area contributed by atoms with Crippen LogP contribution in [0.25, 0.3) is 11.1 Å². The molecular formula is C23H25NO3. The molecule has 3 aliphatic carbocycles. The van der Waals surface area contributed by atoms with Crippen LogP contribution in [0.2, 0.25) is 0 Å². The molecule has 2 aromatic rings. The summed E-state index contributed by atoms with van der Waals surface area (Å²) in [5, 5.41) is 10.5. The van der Waals surface area contributed by atoms with E-state index in [0.717, 1.165) is 32.1 Å². The van der Waals surface area contributed by atoms with Gasteiger partial charge in [-0.2, -0.15) is 0 Å². The van der Waals surface area contributed by atoms with E-state index in [1.807, 2.05) is 12.1 Å². The van der Waals surface area contributed by atoms with Gasteiger partial charge in [0.1, 0.15) is 6.61 Å². The number of nitrogens with zero attached hydrogens (tertiary/aromatic N) is 1. The van der Waals surface area contributed by atoms with Gasteiger partial charge in [0.05, 0.1) is 12.1 Å². The fourth-order valence-electron chi connectivity index (χ4n) is 4.47. The van der Waals surface area contributed by atoms with Crippen LogP contribution in [0.15, 0.2) is 48.5 Å². The summed E-state index contributed by atoms with van der Waals surface area (Å²) in [6, 6.07) is 17.0. The van der Waals surface area contributed by atoms with Gasteiger partial charge in [-0.15, -0.1) is 0 Å². The number of rotatable bonds is 5. The van der Waals surface area contributed by atoms with Crippen molar-refractivity contribution in [1.29, 1.82) is 0 Å². The summed E-state index contributed by atoms with van der Waals surface area (Å²) < 4.78 is 5.79. The topological polar surface area (TPSA) is 49.8 Å². The van der Waals surface area contributed by atoms with E-state index in [-0.39, 0.29) is 18.1 Å². The maximum Gasteiger partial charge on any atom is 0.410 e. The van der Waals surface area contributed by atoms with Gasteiger partial charge in [-0.05, 0) is 54.4 Å². The summed E-state index contributed by atoms with van der Waals surface area (Å²) in [7, 11) is 0. The van der Waals surface area contributed by atoms with Crippen LogP contribution in [-0.2, 0) is 4.74 Å². The van der Waals surface area contributed by atoms with Gasteiger partial charge in [0.25, 0.3) is 0 Å². The summed E-state index contributed by atoms with van der Waals surface area (Å²) in [6.45, 7) is 0.753. The lowest BCUT2D eigenvalue weighted by Gasteiger charge is -2.40. The SMILES string of the molecule is O=C(OCC1c2ccccc2-c2ccccc21)N(CC1(O)CCC1)C1CC1. The molecule has 0 atom stereocenters. The quantitative estimate of drug-likeness (QED) is 0.861. The zero-order chi connectivity index (χ0) is 18.4. The molecule has 4 nitrogen and oxygen atoms in total. The first-order valence-electron chi connectivity index (χ1n) is 9.99. The van der Waals surface area contributed by atoms with Crippen molar-refractivity contribution >= 4 is 6.09 Å². The maximum atomic E-state index is 12.8. The fraction of sp³-hybridized carbons (Fsp3) is 0.435. The van der Waals surface area contributed by atoms with Gasteiger partial charge >= 0.3 is 6.09 Å². The molecule has 0 radical (unpaired) electrons. The van der Waals surface area contributed by atoms with Crippen molar-refractivity contribution in [2.24, 2.45) is 0 Å². The Kier molecular flexibility index (Phi) is 3.97. The van der Waals surface area contributed by atoms with Gasteiger partial charge in [-0.25, -0.2) is 4.79 Å². The molecule has 0 spiro atoms. The molecular weight excluding hydrogens is 338 g/mol. The Hall–Kier alpha value is -2.33. The Morgan fingerprint density at radius 1 is 1.04 bits per heavy atom. The summed E-state index contributed by atoms with van der Waals surface area (Å²) in [6.07, 6.45) is 4.36. The molecule has 2 aromatic carbocycles. The summed E-state index contributed by atoms with van der Waals surface area (Å²) in [5.41, 5.74) is 4.21. The number of hydrogen-bond donors (Lipinski definition) is 1. The molecule has 1 amide bonds. The third kappa shape index (κ3) is 3.02. The molecule has 1 N–H and O–H groups in total. The van der Waals surface area contributed by atoms with Crippen molar-refractivity contribution in [1.82, 2.24) is 4.90 Å². The normalized spacial score (nSPS) is 19.7. The molecule has 140 valence electrons. The molecule has 0 saturated heterocycles. The van der Waals surface area contributed by atoms with E-state index in [9.17, 15) is 9.90 Å². The summed E-state index contributed by atoms with van der Waals surface area (Å²) >= 11 is 0. The van der Waals surface area contributed by atoms with Crippen molar-refractivity contribution in [3.63, 3.8) is 0 Å². The highest BCUT2D eigenvalue weighted by molar-refractivity contribution is 5.79. The van der Waals surface area contributed by atoms with Crippen molar-refractivity contribution in [3.05, 3.63) is 59.7 Å². The highest BCUT2D eigenvalue weighted by atomic mass is 16.6. The standard InChI is InChI=1S/C23H25NO3/c25-22(24(16-10-11-16)15-23(26)12-5-13-23)27-14-21-19-8-3-1-6-17(19)18-7-2-4-9-20(18)21/h1-4,6-9,16,21,26H,5,10-15H2. The highest BCUT2D eigenvalue weighted by Gasteiger charge is 2.43. The van der Waals surface area contributed by atoms with Crippen LogP contribution >= 0.6 is 0 Å². The van der Waals surface area contributed by atoms with E-state index in [1.54, 1.807) is 4.90 Å². The molecule has 0 aromatic heterocycles. The van der Waals surface area contributed by atoms with E-state index in [1.165, 1.54) is 22.3 Å². The van der Waals surface area contributed by atoms with E-state index >= 15 is 0 Å². The Labute approximate surface area is 159 Å². The Morgan fingerprint density at radius 3 is 2.15 bits per heavy atom. The van der Waals surface area contributed by atoms with Crippen molar-refractivity contribution in [3.8, 4) is 11.1 Å². The second kappa shape index (κ2) is 6.38. The third-order valence-electron chi connectivity index (χ3n) is 6.31. The van der Waals surface area contributed by atoms with Gasteiger partial charge in [-0.3, -0.25) is 0 Å². The molecule has 4 heteroatoms. The zero-order valence-electron chi connectivity index (χ0n) is 15.4. The lowest BCUT2D eigenvalue weighted by Crippen LogP contribution is -2.50. The first-order valence-corrected chi connectivity index (χ1v) is 9.99. The highest BCUT2D eigenvalue weighted by Crippen LogP contribution is 2.44. The van der Waals surface area contributed by atoms with E-state index in [4.69, 9.17) is 4.74 Å². The maximum absolute atomic E-state index is 12.8.